The number of aldehydes is 1. The van der Waals surface area contributed by atoms with Crippen molar-refractivity contribution in [1.29, 1.82) is 0 Å². The van der Waals surface area contributed by atoms with Crippen molar-refractivity contribution >= 4 is 18.2 Å². The third-order valence-corrected chi connectivity index (χ3v) is 26.8. The highest BCUT2D eigenvalue weighted by atomic mass is 16.8. The van der Waals surface area contributed by atoms with Crippen LogP contribution in [0.15, 0.2) is 11.6 Å². The molecule has 5 aliphatic carbocycles. The Morgan fingerprint density at radius 2 is 0.972 bits per heavy atom. The van der Waals surface area contributed by atoms with Crippen molar-refractivity contribution in [1.82, 2.24) is 0 Å². The van der Waals surface area contributed by atoms with Gasteiger partial charge in [-0.25, -0.2) is 4.79 Å². The van der Waals surface area contributed by atoms with Crippen molar-refractivity contribution < 1.29 is 178 Å². The standard InChI is InChI=1S/C70H110O36/c1-25-36(76)51(102-60-46(86)41(81)39(79)31(20-71)97-60)54(104-59-48(88)43(83)50(26(2)96-59)100-57-44(84)37(77)29(74)22-93-57)62(95-25)106-64(92)70-17-15-65(3,4)19-28(70)27-9-10-34-66(5)13-12-35(67(6,24-73)33(66)11-14-69(34,8)68(27,7)16-18-70)99-63-55(105-61-47(87)42(82)40(80)32(21-72)98-61)52(49(89)53(103-63)56(90)91)101-58-45(85)38(78)30(75)23-94-58/h9,24-26,28-55,57-63,71-72,74-89H,10-23H2,1-8H3,(H,90,91)/t25-,26+,28+,29-,30-,31-,32-,33-,34-,35+,36+,37+,38+,39-,40+,41+,42+,43+,44-,45-,46-,47-,48-,49+,50+,51+,52+,53+,54-,55-,57+,58+,59+,60+,61+,62+,63-,66+,67+,68-,69-,70+/m1/s1. The van der Waals surface area contributed by atoms with Crippen LogP contribution in [0.1, 0.15) is 120 Å². The molecular formula is C70H110O36. The molecule has 7 saturated heterocycles. The van der Waals surface area contributed by atoms with E-state index in [1.54, 1.807) is 6.92 Å². The van der Waals surface area contributed by atoms with Crippen LogP contribution in [0.5, 0.6) is 0 Å². The van der Waals surface area contributed by atoms with E-state index >= 15 is 4.79 Å². The van der Waals surface area contributed by atoms with Crippen LogP contribution in [0.2, 0.25) is 0 Å². The number of carbonyl (C=O) groups excluding carboxylic acids is 2. The van der Waals surface area contributed by atoms with Crippen LogP contribution >= 0.6 is 0 Å². The van der Waals surface area contributed by atoms with Crippen LogP contribution in [0.3, 0.4) is 0 Å². The van der Waals surface area contributed by atoms with E-state index in [2.05, 4.69) is 40.7 Å². The summed E-state index contributed by atoms with van der Waals surface area (Å²) >= 11 is 0. The van der Waals surface area contributed by atoms with Crippen LogP contribution in [0, 0.1) is 50.2 Å². The Balaban J connectivity index is 0.827. The highest BCUT2D eigenvalue weighted by molar-refractivity contribution is 5.79. The summed E-state index contributed by atoms with van der Waals surface area (Å²) in [5.74, 6) is -3.54. The summed E-state index contributed by atoms with van der Waals surface area (Å²) in [6.07, 6.45) is -54.0. The number of esters is 1. The van der Waals surface area contributed by atoms with E-state index in [0.717, 1.165) is 11.9 Å². The molecule has 11 fully saturated rings. The zero-order chi connectivity index (χ0) is 77.3. The quantitative estimate of drug-likeness (QED) is 0.0263. The zero-order valence-corrected chi connectivity index (χ0v) is 60.4. The van der Waals surface area contributed by atoms with Gasteiger partial charge in [0.1, 0.15) is 141 Å². The second kappa shape index (κ2) is 31.1. The number of fused-ring (bicyclic) bond motifs is 7. The lowest BCUT2D eigenvalue weighted by atomic mass is 9.33. The Morgan fingerprint density at radius 3 is 1.53 bits per heavy atom. The number of aliphatic hydroxyl groups excluding tert-OH is 18. The van der Waals surface area contributed by atoms with Crippen LogP contribution < -0.4 is 0 Å². The highest BCUT2D eigenvalue weighted by Crippen LogP contribution is 2.76. The number of hydrogen-bond donors (Lipinski definition) is 19. The predicted octanol–water partition coefficient (Wildman–Crippen LogP) is -5.96. The molecule has 19 N–H and O–H groups in total. The number of hydrogen-bond acceptors (Lipinski definition) is 35. The fourth-order valence-corrected chi connectivity index (χ4v) is 20.1. The summed E-state index contributed by atoms with van der Waals surface area (Å²) in [6, 6.07) is 0. The molecule has 106 heavy (non-hydrogen) atoms. The largest absolute Gasteiger partial charge is 0.479 e. The van der Waals surface area contributed by atoms with E-state index in [1.807, 2.05) is 0 Å². The Kier molecular flexibility index (Phi) is 24.3. The van der Waals surface area contributed by atoms with Crippen molar-refractivity contribution in [2.75, 3.05) is 26.4 Å². The Bertz CT molecular complexity index is 3100. The lowest BCUT2D eigenvalue weighted by molar-refractivity contribution is -0.391. The number of rotatable bonds is 18. The summed E-state index contributed by atoms with van der Waals surface area (Å²) in [5.41, 5.74) is -3.80. The molecule has 0 radical (unpaired) electrons. The van der Waals surface area contributed by atoms with E-state index in [0.29, 0.717) is 51.4 Å². The molecule has 36 nitrogen and oxygen atoms in total. The van der Waals surface area contributed by atoms with Gasteiger partial charge in [0.05, 0.1) is 55.6 Å². The predicted molar refractivity (Wildman–Crippen MR) is 347 cm³/mol. The first-order valence-electron chi connectivity index (χ1n) is 36.9. The van der Waals surface area contributed by atoms with Gasteiger partial charge in [-0.3, -0.25) is 4.79 Å². The van der Waals surface area contributed by atoms with Gasteiger partial charge in [-0.2, -0.15) is 0 Å². The molecule has 0 amide bonds. The molecule has 7 aliphatic heterocycles. The summed E-state index contributed by atoms with van der Waals surface area (Å²) in [7, 11) is 0. The second-order valence-electron chi connectivity index (χ2n) is 33.5. The molecule has 0 bridgehead atoms. The van der Waals surface area contributed by atoms with E-state index in [1.165, 1.54) is 13.8 Å². The average molecular weight is 1530 g/mol. The van der Waals surface area contributed by atoms with Gasteiger partial charge in [0.2, 0.25) is 6.29 Å². The Hall–Kier alpha value is -2.89. The number of ether oxygens (including phenoxy) is 14. The lowest BCUT2D eigenvalue weighted by Crippen LogP contribution is -2.69. The number of carboxylic acids is 1. The Labute approximate surface area is 610 Å². The minimum Gasteiger partial charge on any atom is -0.479 e. The lowest BCUT2D eigenvalue weighted by Gasteiger charge is -2.71. The SMILES string of the molecule is C[C@@H]1O[C@@H](O[C@H]2[C@H](OC(=O)[C@]34CCC(C)(C)C[C@H]3C3=CC[C@@H]5[C@@]6(C)CC[C@H](O[C@@H]7O[C@H](C(=O)O)[C@@H](O)[C@H](O[C@@H]8OC[C@@H](O)[C@H](O)[C@H]8O)[C@H]7O[C@@H]7O[C@H](CO)[C@H](O)[C@H](O)[C@H]7O)[C@@](C)(C=O)[C@@H]6CC[C@@]5(C)[C@]3(C)CC4)O[C@H](C)[C@H](O)[C@@H]2O[C@@H]2O[C@H](CO)[C@@H](O)[C@H](O)[C@H]2O)[C@H](O)[C@H](O)[C@H]1O[C@@H]1OC[C@@H](O)[C@H](O)[C@H]1O. The number of aliphatic carboxylic acids is 1. The Morgan fingerprint density at radius 1 is 0.481 bits per heavy atom. The maximum Gasteiger partial charge on any atom is 0.335 e. The van der Waals surface area contributed by atoms with E-state index in [-0.39, 0.29) is 24.2 Å². The first-order chi connectivity index (χ1) is 49.8. The first kappa shape index (κ1) is 82.6. The molecular weight excluding hydrogens is 1420 g/mol. The third kappa shape index (κ3) is 14.2. The molecule has 0 unspecified atom stereocenters. The number of aliphatic hydroxyl groups is 18. The molecule has 0 spiro atoms. The molecule has 0 aromatic carbocycles. The van der Waals surface area contributed by atoms with Crippen molar-refractivity contribution in [2.24, 2.45) is 50.2 Å². The summed E-state index contributed by atoms with van der Waals surface area (Å²) in [6.45, 7) is 12.6. The van der Waals surface area contributed by atoms with Crippen LogP contribution in [-0.4, -0.2) is 351 Å². The number of carbonyl (C=O) groups is 3. The van der Waals surface area contributed by atoms with Gasteiger partial charge in [-0.1, -0.05) is 53.2 Å². The van der Waals surface area contributed by atoms with Crippen molar-refractivity contribution in [3.8, 4) is 0 Å². The van der Waals surface area contributed by atoms with Gasteiger partial charge in [0.25, 0.3) is 0 Å². The molecule has 0 aromatic heterocycles. The van der Waals surface area contributed by atoms with Gasteiger partial charge >= 0.3 is 11.9 Å². The summed E-state index contributed by atoms with van der Waals surface area (Å²) in [4.78, 5) is 43.4. The molecule has 36 heteroatoms. The minimum absolute atomic E-state index is 0.123. The van der Waals surface area contributed by atoms with Gasteiger partial charge in [-0.05, 0) is 117 Å². The van der Waals surface area contributed by atoms with Gasteiger partial charge < -0.3 is 168 Å². The van der Waals surface area contributed by atoms with Gasteiger partial charge in [0.15, 0.2) is 49.9 Å². The van der Waals surface area contributed by atoms with Gasteiger partial charge in [0, 0.05) is 0 Å². The molecule has 606 valence electrons. The zero-order valence-electron chi connectivity index (χ0n) is 60.4. The van der Waals surface area contributed by atoms with E-state index in [9.17, 15) is 107 Å². The number of carboxylic acid groups (broad SMARTS) is 1. The van der Waals surface area contributed by atoms with Crippen molar-refractivity contribution in [3.63, 3.8) is 0 Å². The maximum atomic E-state index is 16.1. The number of allylic oxidation sites excluding steroid dienone is 2. The topological polar surface area (TPSA) is 565 Å². The second-order valence-corrected chi connectivity index (χ2v) is 33.5. The van der Waals surface area contributed by atoms with Gasteiger partial charge in [-0.15, -0.1) is 0 Å². The van der Waals surface area contributed by atoms with Crippen LogP contribution in [0.4, 0.5) is 0 Å². The smallest absolute Gasteiger partial charge is 0.335 e. The summed E-state index contributed by atoms with van der Waals surface area (Å²) in [5, 5.41) is 207. The average Bonchev–Trinajstić information content (AvgIpc) is 0.673. The molecule has 12 rings (SSSR count). The summed E-state index contributed by atoms with van der Waals surface area (Å²) < 4.78 is 85.2. The minimum atomic E-state index is -2.22. The fraction of sp³-hybridized carbons (Fsp3) is 0.929. The first-order valence-corrected chi connectivity index (χ1v) is 36.9. The molecule has 7 heterocycles. The highest BCUT2D eigenvalue weighted by Gasteiger charge is 2.72. The molecule has 12 aliphatic rings. The third-order valence-electron chi connectivity index (χ3n) is 26.8. The monoisotopic (exact) mass is 1530 g/mol. The molecule has 4 saturated carbocycles. The van der Waals surface area contributed by atoms with Crippen molar-refractivity contribution in [2.45, 2.75) is 328 Å². The normalized spacial score (nSPS) is 54.7. The van der Waals surface area contributed by atoms with Crippen LogP contribution in [0.25, 0.3) is 0 Å². The van der Waals surface area contributed by atoms with Crippen molar-refractivity contribution in [3.05, 3.63) is 11.6 Å². The molecule has 42 atom stereocenters. The fourth-order valence-electron chi connectivity index (χ4n) is 20.1. The van der Waals surface area contributed by atoms with Crippen LogP contribution in [-0.2, 0) is 80.7 Å². The van der Waals surface area contributed by atoms with E-state index in [4.69, 9.17) is 66.3 Å². The maximum absolute atomic E-state index is 16.1. The van der Waals surface area contributed by atoms with E-state index < -0.39 is 286 Å². The molecule has 0 aromatic rings.